The van der Waals surface area contributed by atoms with E-state index in [2.05, 4.69) is 31.2 Å². The lowest BCUT2D eigenvalue weighted by Crippen LogP contribution is -2.53. The van der Waals surface area contributed by atoms with E-state index >= 15 is 0 Å². The van der Waals surface area contributed by atoms with E-state index in [1.54, 1.807) is 65.2 Å². The van der Waals surface area contributed by atoms with E-state index in [0.29, 0.717) is 12.1 Å². The summed E-state index contributed by atoms with van der Waals surface area (Å²) in [7, 11) is 3.16. The summed E-state index contributed by atoms with van der Waals surface area (Å²) in [6.45, 7) is 12.6. The maximum atomic E-state index is 14.5. The predicted octanol–water partition coefficient (Wildman–Crippen LogP) is 5.34. The summed E-state index contributed by atoms with van der Waals surface area (Å²) in [6.07, 6.45) is 7.83. The first kappa shape index (κ1) is 53.7. The highest BCUT2D eigenvalue weighted by molar-refractivity contribution is 6.38. The van der Waals surface area contributed by atoms with E-state index in [0.717, 1.165) is 32.1 Å². The van der Waals surface area contributed by atoms with Gasteiger partial charge in [0.25, 0.3) is 5.91 Å². The highest BCUT2D eigenvalue weighted by Gasteiger charge is 2.45. The molecule has 6 atom stereocenters. The van der Waals surface area contributed by atoms with Crippen LogP contribution in [0.3, 0.4) is 0 Å². The topological polar surface area (TPSA) is 234 Å². The van der Waals surface area contributed by atoms with Gasteiger partial charge in [-0.3, -0.25) is 43.3 Å². The molecule has 17 nitrogen and oxygen atoms in total. The van der Waals surface area contributed by atoms with Gasteiger partial charge in [-0.15, -0.1) is 0 Å². The molecule has 2 fully saturated rings. The third kappa shape index (κ3) is 15.6. The molecule has 366 valence electrons. The molecule has 6 amide bonds. The van der Waals surface area contributed by atoms with Crippen LogP contribution in [-0.2, 0) is 33.6 Å². The van der Waals surface area contributed by atoms with Crippen LogP contribution in [0.25, 0.3) is 0 Å². The molecular formula is C50H72N8O9. The number of hydrogen-bond donors (Lipinski definition) is 4. The molecule has 1 aliphatic carbocycles. The number of para-hydroxylation sites is 1. The SMILES string of the molecule is CCC[C@H](CC(=O)[C@@H]1CN(C(=O)Nc2ccccc2)CC1NC(=O)[C@@H](CC(=O)[C@@H](NC(=O)c1cnccn1)C1CCCCC1)C(C)(C)C)C(=O)C(=O)CCC(=O)N[C@H](C(=O)N(C)C)C(C)(C)C. The molecule has 2 heterocycles. The van der Waals surface area contributed by atoms with Gasteiger partial charge < -0.3 is 31.1 Å². The molecule has 2 aliphatic rings. The molecule has 0 radical (unpaired) electrons. The quantitative estimate of drug-likeness (QED) is 0.117. The zero-order valence-electron chi connectivity index (χ0n) is 40.8. The Morgan fingerprint density at radius 1 is 0.821 bits per heavy atom. The van der Waals surface area contributed by atoms with E-state index in [-0.39, 0.29) is 62.1 Å². The number of anilines is 1. The number of likely N-dealkylation sites (N-methyl/N-ethyl adjacent to an activating group) is 1. The first-order chi connectivity index (χ1) is 31.5. The number of carbonyl (C=O) groups is 9. The zero-order valence-corrected chi connectivity index (χ0v) is 40.8. The number of amides is 6. The number of carbonyl (C=O) groups excluding carboxylic acids is 9. The van der Waals surface area contributed by atoms with E-state index < -0.39 is 94.2 Å². The van der Waals surface area contributed by atoms with Gasteiger partial charge in [-0.05, 0) is 48.1 Å². The smallest absolute Gasteiger partial charge is 0.321 e. The molecule has 4 N–H and O–H groups in total. The number of rotatable bonds is 21. The molecule has 1 aromatic carbocycles. The third-order valence-corrected chi connectivity index (χ3v) is 12.9. The molecule has 0 bridgehead atoms. The molecule has 67 heavy (non-hydrogen) atoms. The van der Waals surface area contributed by atoms with Crippen molar-refractivity contribution >= 4 is 58.5 Å². The fraction of sp³-hybridized carbons (Fsp3) is 0.620. The molecular weight excluding hydrogens is 857 g/mol. The number of aromatic nitrogens is 2. The lowest BCUT2D eigenvalue weighted by Gasteiger charge is -2.34. The minimum Gasteiger partial charge on any atom is -0.351 e. The van der Waals surface area contributed by atoms with Gasteiger partial charge in [0.2, 0.25) is 23.5 Å². The Hall–Kier alpha value is -5.87. The van der Waals surface area contributed by atoms with Crippen LogP contribution < -0.4 is 21.3 Å². The summed E-state index contributed by atoms with van der Waals surface area (Å²) in [5.74, 6) is -7.29. The monoisotopic (exact) mass is 929 g/mol. The van der Waals surface area contributed by atoms with Crippen molar-refractivity contribution in [3.8, 4) is 0 Å². The van der Waals surface area contributed by atoms with Crippen molar-refractivity contribution in [2.45, 2.75) is 137 Å². The Morgan fingerprint density at radius 2 is 1.49 bits per heavy atom. The second-order valence-electron chi connectivity index (χ2n) is 20.5. The van der Waals surface area contributed by atoms with Gasteiger partial charge in [0, 0.05) is 82.8 Å². The number of nitrogens with zero attached hydrogens (tertiary/aromatic N) is 4. The second kappa shape index (κ2) is 24.2. The molecule has 4 rings (SSSR count). The van der Waals surface area contributed by atoms with Gasteiger partial charge in [-0.2, -0.15) is 0 Å². The second-order valence-corrected chi connectivity index (χ2v) is 20.5. The van der Waals surface area contributed by atoms with Gasteiger partial charge >= 0.3 is 6.03 Å². The van der Waals surface area contributed by atoms with Crippen molar-refractivity contribution in [3.63, 3.8) is 0 Å². The van der Waals surface area contributed by atoms with Crippen LogP contribution in [0.1, 0.15) is 130 Å². The first-order valence-corrected chi connectivity index (χ1v) is 23.6. The van der Waals surface area contributed by atoms with Crippen LogP contribution in [0.2, 0.25) is 0 Å². The zero-order chi connectivity index (χ0) is 49.6. The van der Waals surface area contributed by atoms with Crippen molar-refractivity contribution in [2.24, 2.45) is 34.5 Å². The Labute approximate surface area is 395 Å². The van der Waals surface area contributed by atoms with Gasteiger partial charge in [0.1, 0.15) is 17.5 Å². The largest absolute Gasteiger partial charge is 0.351 e. The third-order valence-electron chi connectivity index (χ3n) is 12.9. The van der Waals surface area contributed by atoms with Gasteiger partial charge in [0.15, 0.2) is 11.6 Å². The number of Topliss-reactive ketones (excluding diaryl/α,β-unsaturated/α-hetero) is 4. The Kier molecular flexibility index (Phi) is 19.4. The van der Waals surface area contributed by atoms with E-state index in [4.69, 9.17) is 0 Å². The van der Waals surface area contributed by atoms with Crippen molar-refractivity contribution < 1.29 is 43.2 Å². The van der Waals surface area contributed by atoms with Crippen LogP contribution in [0.15, 0.2) is 48.9 Å². The number of ketones is 4. The summed E-state index contributed by atoms with van der Waals surface area (Å²) in [5.41, 5.74) is -0.802. The number of benzene rings is 1. The van der Waals surface area contributed by atoms with Crippen LogP contribution in [0.4, 0.5) is 10.5 Å². The fourth-order valence-electron chi connectivity index (χ4n) is 8.92. The number of nitrogens with one attached hydrogen (secondary N) is 4. The lowest BCUT2D eigenvalue weighted by atomic mass is 9.74. The van der Waals surface area contributed by atoms with Crippen molar-refractivity contribution in [3.05, 3.63) is 54.6 Å². The number of urea groups is 1. The Balaban J connectivity index is 1.54. The van der Waals surface area contributed by atoms with E-state index in [1.165, 1.54) is 28.4 Å². The average molecular weight is 929 g/mol. The lowest BCUT2D eigenvalue weighted by molar-refractivity contribution is -0.141. The number of hydrogen-bond acceptors (Lipinski definition) is 11. The summed E-state index contributed by atoms with van der Waals surface area (Å²) >= 11 is 0. The summed E-state index contributed by atoms with van der Waals surface area (Å²) in [4.78, 5) is 134. The first-order valence-electron chi connectivity index (χ1n) is 23.6. The van der Waals surface area contributed by atoms with Crippen LogP contribution in [0.5, 0.6) is 0 Å². The van der Waals surface area contributed by atoms with Crippen molar-refractivity contribution in [1.29, 1.82) is 0 Å². The van der Waals surface area contributed by atoms with Crippen LogP contribution in [0, 0.1) is 34.5 Å². The van der Waals surface area contributed by atoms with Gasteiger partial charge in [0.05, 0.1) is 24.2 Å². The standard InChI is InChI=1S/C50H72N8O9/c1-10-17-32(43(63)38(59)22-23-41(62)55-44(50(5,6)7)47(66)57(8)9)26-39(60)34-29-58(48(67)53-33-20-15-12-16-21-33)30-37(34)54-45(64)35(49(2,3)4)27-40(61)42(31-18-13-11-14-19-31)56-46(65)36-28-51-24-25-52-36/h12,15-16,20-21,24-25,28,31-32,34-35,37,42,44H,10-11,13-14,17-19,22-23,26-27,29-30H2,1-9H3,(H,53,67)(H,54,64)(H,55,62)(H,56,65)/t32-,34-,35-,37?,42+,44-/m1/s1. The minimum atomic E-state index is -1.01. The molecule has 1 aromatic heterocycles. The molecule has 17 heteroatoms. The van der Waals surface area contributed by atoms with Crippen LogP contribution >= 0.6 is 0 Å². The summed E-state index contributed by atoms with van der Waals surface area (Å²) in [5, 5.41) is 11.5. The predicted molar refractivity (Wildman–Crippen MR) is 252 cm³/mol. The maximum absolute atomic E-state index is 14.5. The highest BCUT2D eigenvalue weighted by Crippen LogP contribution is 2.34. The fourth-order valence-corrected chi connectivity index (χ4v) is 8.92. The van der Waals surface area contributed by atoms with Crippen molar-refractivity contribution in [1.82, 2.24) is 35.7 Å². The average Bonchev–Trinajstić information content (AvgIpc) is 3.71. The van der Waals surface area contributed by atoms with Crippen LogP contribution in [-0.4, -0.2) is 118 Å². The Morgan fingerprint density at radius 3 is 2.07 bits per heavy atom. The summed E-state index contributed by atoms with van der Waals surface area (Å²) in [6, 6.07) is 5.60. The molecule has 1 saturated heterocycles. The Bertz CT molecular complexity index is 2080. The molecule has 1 aliphatic heterocycles. The minimum absolute atomic E-state index is 0.0587. The molecule has 2 aromatic rings. The van der Waals surface area contributed by atoms with Gasteiger partial charge in [-0.25, -0.2) is 9.78 Å². The normalized spacial score (nSPS) is 18.4. The number of likely N-dealkylation sites (tertiary alicyclic amines) is 1. The highest BCUT2D eigenvalue weighted by atomic mass is 16.2. The van der Waals surface area contributed by atoms with E-state index in [9.17, 15) is 43.2 Å². The molecule has 1 saturated carbocycles. The maximum Gasteiger partial charge on any atom is 0.321 e. The summed E-state index contributed by atoms with van der Waals surface area (Å²) < 4.78 is 0. The van der Waals surface area contributed by atoms with Gasteiger partial charge in [-0.1, -0.05) is 92.3 Å². The molecule has 0 spiro atoms. The van der Waals surface area contributed by atoms with E-state index in [1.807, 2.05) is 27.7 Å². The molecule has 1 unspecified atom stereocenters. The van der Waals surface area contributed by atoms with Crippen molar-refractivity contribution in [2.75, 3.05) is 32.5 Å².